The first-order valence-corrected chi connectivity index (χ1v) is 16.1. The summed E-state index contributed by atoms with van der Waals surface area (Å²) >= 11 is 14.0. The van der Waals surface area contributed by atoms with Gasteiger partial charge >= 0.3 is 0 Å². The summed E-state index contributed by atoms with van der Waals surface area (Å²) in [6, 6.07) is 22.6. The number of nitrogens with two attached hydrogens (primary N) is 2. The molecule has 0 aliphatic rings. The summed E-state index contributed by atoms with van der Waals surface area (Å²) < 4.78 is 3.09. The topological polar surface area (TPSA) is 180 Å². The van der Waals surface area contributed by atoms with E-state index in [1.54, 1.807) is 81.9 Å². The van der Waals surface area contributed by atoms with Crippen LogP contribution in [0.25, 0.3) is 11.4 Å². The highest BCUT2D eigenvalue weighted by atomic mass is 35.5. The molecule has 0 radical (unpaired) electrons. The summed E-state index contributed by atoms with van der Waals surface area (Å²) in [6.45, 7) is 0. The molecule has 46 heavy (non-hydrogen) atoms. The van der Waals surface area contributed by atoms with E-state index in [0.29, 0.717) is 32.8 Å². The van der Waals surface area contributed by atoms with E-state index in [1.807, 2.05) is 0 Å². The van der Waals surface area contributed by atoms with Crippen LogP contribution in [0.1, 0.15) is 0 Å². The van der Waals surface area contributed by atoms with Crippen LogP contribution in [-0.4, -0.2) is 42.4 Å². The van der Waals surface area contributed by atoms with Crippen LogP contribution in [0.15, 0.2) is 105 Å². The second-order valence-corrected chi connectivity index (χ2v) is 12.2. The average Bonchev–Trinajstić information content (AvgIpc) is 3.01. The number of carbonyl (C=O) groups excluding carboxylic acids is 2. The molecule has 5 aromatic rings. The largest absolute Gasteiger partial charge is 0.385 e. The van der Waals surface area contributed by atoms with Crippen LogP contribution in [0.3, 0.4) is 0 Å². The third-order valence-electron chi connectivity index (χ3n) is 6.16. The van der Waals surface area contributed by atoms with Crippen molar-refractivity contribution < 1.29 is 9.59 Å². The van der Waals surface area contributed by atoms with Gasteiger partial charge in [-0.1, -0.05) is 58.9 Å². The molecule has 0 aliphatic carbocycles. The molecule has 234 valence electrons. The number of aromatic nitrogens is 4. The minimum absolute atomic E-state index is 0.120. The molecule has 0 saturated heterocycles. The van der Waals surface area contributed by atoms with Crippen LogP contribution in [0.5, 0.6) is 0 Å². The predicted molar refractivity (Wildman–Crippen MR) is 184 cm³/mol. The Hall–Kier alpha value is -4.76. The van der Waals surface area contributed by atoms with Crippen LogP contribution in [0, 0.1) is 0 Å². The number of halogens is 2. The normalized spacial score (nSPS) is 10.8. The number of carbonyl (C=O) groups is 2. The molecule has 0 fully saturated rings. The number of para-hydroxylation sites is 2. The number of hydrogen-bond donors (Lipinski definition) is 4. The number of hydrogen-bond acceptors (Lipinski definition) is 10. The van der Waals surface area contributed by atoms with Crippen molar-refractivity contribution in [3.63, 3.8) is 0 Å². The lowest BCUT2D eigenvalue weighted by atomic mass is 10.2. The number of amides is 2. The van der Waals surface area contributed by atoms with Crippen LogP contribution in [0.2, 0.25) is 10.0 Å². The molecule has 2 aromatic heterocycles. The van der Waals surface area contributed by atoms with E-state index in [1.165, 1.54) is 12.1 Å². The Labute approximate surface area is 280 Å². The minimum Gasteiger partial charge on any atom is -0.385 e. The molecule has 12 nitrogen and oxygen atoms in total. The van der Waals surface area contributed by atoms with Gasteiger partial charge in [0, 0.05) is 33.6 Å². The van der Waals surface area contributed by atoms with E-state index in [0.717, 1.165) is 23.5 Å². The van der Waals surface area contributed by atoms with E-state index in [9.17, 15) is 19.2 Å². The molecule has 6 N–H and O–H groups in total. The Kier molecular flexibility index (Phi) is 10.3. The summed E-state index contributed by atoms with van der Waals surface area (Å²) in [5.74, 6) is -0.785. The second kappa shape index (κ2) is 14.6. The van der Waals surface area contributed by atoms with Crippen molar-refractivity contribution in [2.24, 2.45) is 0 Å². The van der Waals surface area contributed by atoms with Crippen molar-refractivity contribution >= 4 is 81.6 Å². The number of nitrogens with zero attached hydrogens (tertiary/aromatic N) is 4. The fourth-order valence-corrected chi connectivity index (χ4v) is 6.09. The molecule has 0 spiro atoms. The summed E-state index contributed by atoms with van der Waals surface area (Å²) in [4.78, 5) is 58.2. The van der Waals surface area contributed by atoms with Gasteiger partial charge in [0.25, 0.3) is 11.1 Å². The van der Waals surface area contributed by atoms with Gasteiger partial charge in [-0.05, 0) is 60.7 Å². The Bertz CT molecular complexity index is 1890. The second-order valence-electron chi connectivity index (χ2n) is 9.45. The first kappa shape index (κ1) is 32.6. The molecule has 0 bridgehead atoms. The quantitative estimate of drug-likeness (QED) is 0.118. The summed E-state index contributed by atoms with van der Waals surface area (Å²) in [5, 5.41) is 7.03. The van der Waals surface area contributed by atoms with Crippen LogP contribution in [-0.2, 0) is 9.59 Å². The third kappa shape index (κ3) is 8.09. The predicted octanol–water partition coefficient (Wildman–Crippen LogP) is 4.71. The van der Waals surface area contributed by atoms with Gasteiger partial charge in [-0.3, -0.25) is 28.3 Å². The standard InChI is InChI=1S/C30H24Cl2N8O4S2/c31-17-5-9-19(10-6-17)39-23(33)13-25(41)37-29(39)45-15-27(43)35-21-3-1-2-4-22(21)36-28(44)16-46-30-38-26(42)14-24(34)40(30)20-11-7-18(32)8-12-20/h1-14H,15-16,33-34H2,(H,35,43)(H,36,44). The lowest BCUT2D eigenvalue weighted by Crippen LogP contribution is -2.21. The zero-order chi connectivity index (χ0) is 32.8. The van der Waals surface area contributed by atoms with Gasteiger partial charge in [-0.15, -0.1) is 0 Å². The Morgan fingerprint density at radius 2 is 1.02 bits per heavy atom. The van der Waals surface area contributed by atoms with Crippen molar-refractivity contribution in [2.45, 2.75) is 10.3 Å². The summed E-state index contributed by atoms with van der Waals surface area (Å²) in [5.41, 5.74) is 13.1. The molecule has 3 aromatic carbocycles. The fraction of sp³-hybridized carbons (Fsp3) is 0.0667. The van der Waals surface area contributed by atoms with Crippen molar-refractivity contribution in [3.05, 3.63) is 116 Å². The van der Waals surface area contributed by atoms with E-state index in [4.69, 9.17) is 34.7 Å². The number of nitrogens with one attached hydrogen (secondary N) is 2. The first-order chi connectivity index (χ1) is 22.1. The van der Waals surface area contributed by atoms with E-state index in [-0.39, 0.29) is 33.5 Å². The van der Waals surface area contributed by atoms with Crippen LogP contribution >= 0.6 is 46.7 Å². The van der Waals surface area contributed by atoms with Gasteiger partial charge in [0.05, 0.1) is 22.9 Å². The minimum atomic E-state index is -0.546. The van der Waals surface area contributed by atoms with Gasteiger partial charge in [-0.25, -0.2) is 0 Å². The van der Waals surface area contributed by atoms with Gasteiger partial charge in [0.2, 0.25) is 11.8 Å². The highest BCUT2D eigenvalue weighted by Gasteiger charge is 2.16. The average molecular weight is 696 g/mol. The molecular formula is C30H24Cl2N8O4S2. The van der Waals surface area contributed by atoms with E-state index in [2.05, 4.69) is 20.6 Å². The molecule has 16 heteroatoms. The summed E-state index contributed by atoms with van der Waals surface area (Å²) in [7, 11) is 0. The Morgan fingerprint density at radius 3 is 1.39 bits per heavy atom. The van der Waals surface area contributed by atoms with E-state index >= 15 is 0 Å². The highest BCUT2D eigenvalue weighted by molar-refractivity contribution is 8.00. The zero-order valence-electron chi connectivity index (χ0n) is 23.6. The van der Waals surface area contributed by atoms with Gasteiger partial charge < -0.3 is 22.1 Å². The first-order valence-electron chi connectivity index (χ1n) is 13.3. The molecular weight excluding hydrogens is 671 g/mol. The molecule has 0 unspecified atom stereocenters. The Balaban J connectivity index is 1.25. The Morgan fingerprint density at radius 1 is 0.652 bits per heavy atom. The number of anilines is 4. The third-order valence-corrected chi connectivity index (χ3v) is 8.54. The number of rotatable bonds is 10. The van der Waals surface area contributed by atoms with Crippen molar-refractivity contribution in [2.75, 3.05) is 33.6 Å². The SMILES string of the molecule is Nc1cc(=O)nc(SCC(=O)Nc2ccccc2NC(=O)CSc2nc(=O)cc(N)n2-c2ccc(Cl)cc2)n1-c1ccc(Cl)cc1. The van der Waals surface area contributed by atoms with Crippen LogP contribution in [0.4, 0.5) is 23.0 Å². The molecule has 2 heterocycles. The number of benzene rings is 3. The summed E-state index contributed by atoms with van der Waals surface area (Å²) in [6.07, 6.45) is 0. The lowest BCUT2D eigenvalue weighted by Gasteiger charge is -2.16. The monoisotopic (exact) mass is 694 g/mol. The van der Waals surface area contributed by atoms with Crippen molar-refractivity contribution in [1.29, 1.82) is 0 Å². The maximum Gasteiger partial charge on any atom is 0.275 e. The van der Waals surface area contributed by atoms with Crippen molar-refractivity contribution in [3.8, 4) is 11.4 Å². The molecule has 0 atom stereocenters. The van der Waals surface area contributed by atoms with E-state index < -0.39 is 22.9 Å². The maximum absolute atomic E-state index is 13.0. The van der Waals surface area contributed by atoms with Gasteiger partial charge in [0.15, 0.2) is 10.3 Å². The highest BCUT2D eigenvalue weighted by Crippen LogP contribution is 2.27. The molecule has 5 rings (SSSR count). The zero-order valence-corrected chi connectivity index (χ0v) is 26.8. The van der Waals surface area contributed by atoms with Gasteiger partial charge in [0.1, 0.15) is 11.6 Å². The fourth-order valence-electron chi connectivity index (χ4n) is 4.18. The van der Waals surface area contributed by atoms with Gasteiger partial charge in [-0.2, -0.15) is 9.97 Å². The number of nitrogen functional groups attached to an aromatic ring is 2. The maximum atomic E-state index is 13.0. The molecule has 0 aliphatic heterocycles. The molecule has 0 saturated carbocycles. The number of thioether (sulfide) groups is 2. The lowest BCUT2D eigenvalue weighted by molar-refractivity contribution is -0.114. The smallest absolute Gasteiger partial charge is 0.275 e. The molecule has 2 amide bonds. The van der Waals surface area contributed by atoms with Crippen LogP contribution < -0.4 is 33.2 Å². The van der Waals surface area contributed by atoms with Crippen molar-refractivity contribution in [1.82, 2.24) is 19.1 Å².